The first kappa shape index (κ1) is 18.4. The summed E-state index contributed by atoms with van der Waals surface area (Å²) in [5.41, 5.74) is 4.72. The van der Waals surface area contributed by atoms with Crippen molar-refractivity contribution in [2.45, 2.75) is 20.0 Å². The molecule has 0 aliphatic heterocycles. The van der Waals surface area contributed by atoms with Gasteiger partial charge in [-0.15, -0.1) is 0 Å². The van der Waals surface area contributed by atoms with Gasteiger partial charge < -0.3 is 9.51 Å². The topological polar surface area (TPSA) is 67.6 Å². The minimum absolute atomic E-state index is 0.245. The van der Waals surface area contributed by atoms with E-state index in [0.717, 1.165) is 22.0 Å². The van der Waals surface area contributed by atoms with Gasteiger partial charge in [-0.05, 0) is 49.2 Å². The van der Waals surface area contributed by atoms with Crippen LogP contribution in [0.2, 0.25) is 0 Å². The van der Waals surface area contributed by atoms with Gasteiger partial charge >= 0.3 is 6.18 Å². The number of imidazole rings is 1. The van der Waals surface area contributed by atoms with E-state index in [1.165, 1.54) is 0 Å². The Morgan fingerprint density at radius 2 is 1.83 bits per heavy atom. The van der Waals surface area contributed by atoms with Gasteiger partial charge in [0.05, 0.1) is 22.2 Å². The van der Waals surface area contributed by atoms with Crippen molar-refractivity contribution in [1.29, 1.82) is 0 Å². The molecule has 5 nitrogen and oxygen atoms in total. The van der Waals surface area contributed by atoms with E-state index in [-0.39, 0.29) is 11.0 Å². The lowest BCUT2D eigenvalue weighted by molar-refractivity contribution is -0.144. The maximum absolute atomic E-state index is 13.4. The van der Waals surface area contributed by atoms with E-state index in [4.69, 9.17) is 4.52 Å². The molecule has 0 atom stereocenters. The molecule has 1 N–H and O–H groups in total. The second kappa shape index (κ2) is 6.41. The largest absolute Gasteiger partial charge is 0.449 e. The first-order chi connectivity index (χ1) is 14.3. The van der Waals surface area contributed by atoms with Crippen LogP contribution in [0.5, 0.6) is 0 Å². The summed E-state index contributed by atoms with van der Waals surface area (Å²) in [6.07, 6.45) is -2.90. The van der Waals surface area contributed by atoms with E-state index >= 15 is 0 Å². The first-order valence-electron chi connectivity index (χ1n) is 9.21. The molecular formula is C22H15F3N4O. The van der Waals surface area contributed by atoms with Crippen LogP contribution in [0.25, 0.3) is 44.2 Å². The lowest BCUT2D eigenvalue weighted by Crippen LogP contribution is -2.06. The number of hydrogen-bond donors (Lipinski definition) is 1. The minimum atomic E-state index is -4.58. The normalized spacial score (nSPS) is 12.2. The number of alkyl halides is 3. The van der Waals surface area contributed by atoms with Crippen molar-refractivity contribution in [2.75, 3.05) is 0 Å². The Morgan fingerprint density at radius 1 is 1.00 bits per heavy atom. The number of rotatable bonds is 2. The van der Waals surface area contributed by atoms with Crippen molar-refractivity contribution in [1.82, 2.24) is 20.1 Å². The van der Waals surface area contributed by atoms with Gasteiger partial charge in [0.15, 0.2) is 0 Å². The number of fused-ring (bicyclic) bond motifs is 2. The monoisotopic (exact) mass is 408 g/mol. The third-order valence-electron chi connectivity index (χ3n) is 5.11. The van der Waals surface area contributed by atoms with E-state index in [0.29, 0.717) is 22.6 Å². The summed E-state index contributed by atoms with van der Waals surface area (Å²) in [6, 6.07) is 12.7. The smallest absolute Gasteiger partial charge is 0.361 e. The molecule has 0 aliphatic carbocycles. The number of halogens is 3. The van der Waals surface area contributed by atoms with Crippen LogP contribution in [-0.2, 0) is 6.18 Å². The van der Waals surface area contributed by atoms with Crippen LogP contribution in [0.3, 0.4) is 0 Å². The fourth-order valence-corrected chi connectivity index (χ4v) is 3.83. The molecular weight excluding hydrogens is 393 g/mol. The highest BCUT2D eigenvalue weighted by molar-refractivity contribution is 6.04. The number of aromatic nitrogens is 4. The number of hydrogen-bond acceptors (Lipinski definition) is 4. The van der Waals surface area contributed by atoms with Gasteiger partial charge in [0.25, 0.3) is 0 Å². The predicted molar refractivity (Wildman–Crippen MR) is 107 cm³/mol. The highest BCUT2D eigenvalue weighted by Crippen LogP contribution is 2.39. The van der Waals surface area contributed by atoms with Crippen LogP contribution in [0.4, 0.5) is 13.2 Å². The van der Waals surface area contributed by atoms with Crippen LogP contribution in [0, 0.1) is 13.8 Å². The highest BCUT2D eigenvalue weighted by atomic mass is 19.4. The van der Waals surface area contributed by atoms with Gasteiger partial charge in [0.1, 0.15) is 5.76 Å². The molecule has 0 aliphatic rings. The van der Waals surface area contributed by atoms with Crippen molar-refractivity contribution in [2.24, 2.45) is 0 Å². The minimum Gasteiger partial charge on any atom is -0.361 e. The molecule has 150 valence electrons. The van der Waals surface area contributed by atoms with Crippen LogP contribution >= 0.6 is 0 Å². The molecule has 0 bridgehead atoms. The zero-order valence-corrected chi connectivity index (χ0v) is 16.0. The molecule has 0 amide bonds. The Morgan fingerprint density at radius 3 is 2.57 bits per heavy atom. The first-order valence-corrected chi connectivity index (χ1v) is 9.21. The molecule has 0 radical (unpaired) electrons. The molecule has 2 aromatic carbocycles. The summed E-state index contributed by atoms with van der Waals surface area (Å²) in [5.74, 6) is -0.444. The summed E-state index contributed by atoms with van der Waals surface area (Å²) >= 11 is 0. The zero-order valence-electron chi connectivity index (χ0n) is 16.0. The maximum atomic E-state index is 13.4. The Labute approximate surface area is 168 Å². The van der Waals surface area contributed by atoms with Crippen molar-refractivity contribution in [3.8, 4) is 22.3 Å². The van der Waals surface area contributed by atoms with E-state index in [1.54, 1.807) is 32.2 Å². The third-order valence-corrected chi connectivity index (χ3v) is 5.11. The second-order valence-electron chi connectivity index (χ2n) is 7.08. The summed E-state index contributed by atoms with van der Waals surface area (Å²) in [5, 5.41) is 4.81. The quantitative estimate of drug-likeness (QED) is 0.385. The van der Waals surface area contributed by atoms with Gasteiger partial charge in [-0.3, -0.25) is 4.98 Å². The van der Waals surface area contributed by atoms with Gasteiger partial charge in [-0.2, -0.15) is 13.2 Å². The number of aromatic amines is 1. The van der Waals surface area contributed by atoms with Gasteiger partial charge in [0.2, 0.25) is 5.82 Å². The molecule has 30 heavy (non-hydrogen) atoms. The van der Waals surface area contributed by atoms with Gasteiger partial charge in [0, 0.05) is 22.7 Å². The maximum Gasteiger partial charge on any atom is 0.449 e. The lowest BCUT2D eigenvalue weighted by atomic mass is 9.94. The molecule has 0 fully saturated rings. The Hall–Kier alpha value is -3.68. The molecule has 3 heterocycles. The van der Waals surface area contributed by atoms with E-state index in [9.17, 15) is 13.2 Å². The van der Waals surface area contributed by atoms with E-state index in [2.05, 4.69) is 20.1 Å². The van der Waals surface area contributed by atoms with Crippen molar-refractivity contribution < 1.29 is 17.7 Å². The number of aryl methyl sites for hydroxylation is 2. The number of nitrogens with one attached hydrogen (secondary N) is 1. The number of nitrogens with zero attached hydrogens (tertiary/aromatic N) is 3. The standard InChI is InChI=1S/C22H15F3N4O/c1-11-19(12(2)30-29-11)13-9-16(14-5-3-7-17-15(14)6-4-8-26-17)20-18(10-13)27-21(28-20)22(23,24)25/h3-10H,1-2H3,(H,27,28). The average molecular weight is 408 g/mol. The van der Waals surface area contributed by atoms with Crippen molar-refractivity contribution >= 4 is 21.9 Å². The number of pyridine rings is 1. The van der Waals surface area contributed by atoms with Crippen molar-refractivity contribution in [3.63, 3.8) is 0 Å². The molecule has 0 saturated heterocycles. The summed E-state index contributed by atoms with van der Waals surface area (Å²) in [6.45, 7) is 3.57. The summed E-state index contributed by atoms with van der Waals surface area (Å²) in [4.78, 5) is 10.7. The molecule has 8 heteroatoms. The predicted octanol–water partition coefficient (Wildman–Crippen LogP) is 6.07. The Kier molecular flexibility index (Phi) is 3.92. The molecule has 0 spiro atoms. The average Bonchev–Trinajstić information content (AvgIpc) is 3.30. The molecule has 0 unspecified atom stereocenters. The fraction of sp³-hybridized carbons (Fsp3) is 0.136. The van der Waals surface area contributed by atoms with Crippen LogP contribution in [0.1, 0.15) is 17.3 Å². The number of benzene rings is 2. The Balaban J connectivity index is 1.88. The fourth-order valence-electron chi connectivity index (χ4n) is 3.83. The van der Waals surface area contributed by atoms with Gasteiger partial charge in [-0.25, -0.2) is 4.98 Å². The second-order valence-corrected chi connectivity index (χ2v) is 7.08. The molecule has 3 aromatic heterocycles. The number of H-pyrrole nitrogens is 1. The summed E-state index contributed by atoms with van der Waals surface area (Å²) < 4.78 is 45.4. The molecule has 5 rings (SSSR count). The lowest BCUT2D eigenvalue weighted by Gasteiger charge is -2.10. The highest BCUT2D eigenvalue weighted by Gasteiger charge is 2.35. The summed E-state index contributed by atoms with van der Waals surface area (Å²) in [7, 11) is 0. The van der Waals surface area contributed by atoms with Crippen LogP contribution in [-0.4, -0.2) is 20.1 Å². The van der Waals surface area contributed by atoms with E-state index < -0.39 is 12.0 Å². The van der Waals surface area contributed by atoms with Gasteiger partial charge in [-0.1, -0.05) is 23.4 Å². The zero-order chi connectivity index (χ0) is 21.0. The van der Waals surface area contributed by atoms with Crippen molar-refractivity contribution in [3.05, 3.63) is 65.9 Å². The third kappa shape index (κ3) is 2.83. The van der Waals surface area contributed by atoms with Crippen LogP contribution in [0.15, 0.2) is 53.2 Å². The Bertz CT molecular complexity index is 1390. The molecule has 5 aromatic rings. The van der Waals surface area contributed by atoms with Crippen LogP contribution < -0.4 is 0 Å². The SMILES string of the molecule is Cc1noc(C)c1-c1cc(-c2cccc3ncccc23)c2nc(C(F)(F)F)[nH]c2c1. The van der Waals surface area contributed by atoms with E-state index in [1.807, 2.05) is 30.3 Å². The molecule has 0 saturated carbocycles.